The van der Waals surface area contributed by atoms with Crippen LogP contribution in [0.3, 0.4) is 0 Å². The van der Waals surface area contributed by atoms with Crippen molar-refractivity contribution in [1.29, 1.82) is 5.26 Å². The number of ether oxygens (including phenoxy) is 1. The van der Waals surface area contributed by atoms with Gasteiger partial charge in [-0.25, -0.2) is 0 Å². The van der Waals surface area contributed by atoms with Crippen LogP contribution in [0.1, 0.15) is 51.0 Å². The van der Waals surface area contributed by atoms with E-state index in [0.29, 0.717) is 33.7 Å². The largest absolute Gasteiger partial charge is 0.493 e. The van der Waals surface area contributed by atoms with Crippen LogP contribution in [0, 0.1) is 11.3 Å². The fourth-order valence-corrected chi connectivity index (χ4v) is 3.27. The molecule has 2 aromatic carbocycles. The number of nitriles is 1. The third-order valence-corrected chi connectivity index (χ3v) is 4.94. The van der Waals surface area contributed by atoms with E-state index in [1.54, 1.807) is 42.5 Å². The Kier molecular flexibility index (Phi) is 10.3. The molecule has 0 radical (unpaired) electrons. The number of carbonyl (C=O) groups is 1. The lowest BCUT2D eigenvalue weighted by atomic mass is 10.1. The minimum absolute atomic E-state index is 0.0540. The number of hydrogen-bond donors (Lipinski definition) is 1. The number of anilines is 1. The highest BCUT2D eigenvalue weighted by atomic mass is 35.5. The molecule has 2 rings (SSSR count). The lowest BCUT2D eigenvalue weighted by Crippen LogP contribution is -2.13. The summed E-state index contributed by atoms with van der Waals surface area (Å²) in [6.07, 6.45) is 8.50. The topological polar surface area (TPSA) is 62.1 Å². The maximum Gasteiger partial charge on any atom is 0.266 e. The first-order valence-electron chi connectivity index (χ1n) is 10.1. The minimum Gasteiger partial charge on any atom is -0.493 e. The molecule has 0 aliphatic carbocycles. The molecule has 0 aliphatic rings. The van der Waals surface area contributed by atoms with Gasteiger partial charge in [-0.1, -0.05) is 68.3 Å². The molecule has 0 heterocycles. The second-order valence-corrected chi connectivity index (χ2v) is 7.81. The summed E-state index contributed by atoms with van der Waals surface area (Å²) in [5, 5.41) is 13.2. The van der Waals surface area contributed by atoms with Crippen molar-refractivity contribution in [3.05, 3.63) is 63.6 Å². The van der Waals surface area contributed by atoms with Gasteiger partial charge in [-0.05, 0) is 48.9 Å². The highest BCUT2D eigenvalue weighted by Gasteiger charge is 2.12. The molecule has 0 aliphatic heterocycles. The molecular weight excluding hydrogens is 419 g/mol. The van der Waals surface area contributed by atoms with Crippen LogP contribution in [0.5, 0.6) is 5.75 Å². The van der Waals surface area contributed by atoms with E-state index in [1.807, 2.05) is 6.07 Å². The number of nitrogens with zero attached hydrogens (tertiary/aromatic N) is 1. The van der Waals surface area contributed by atoms with Crippen molar-refractivity contribution in [2.45, 2.75) is 45.4 Å². The van der Waals surface area contributed by atoms with Crippen LogP contribution in [-0.4, -0.2) is 12.5 Å². The van der Waals surface area contributed by atoms with Crippen molar-refractivity contribution in [2.24, 2.45) is 0 Å². The Hall–Kier alpha value is -2.48. The molecular formula is C24H26Cl2N2O2. The van der Waals surface area contributed by atoms with Crippen molar-refractivity contribution in [1.82, 2.24) is 0 Å². The molecule has 158 valence electrons. The first-order chi connectivity index (χ1) is 14.5. The zero-order chi connectivity index (χ0) is 21.8. The van der Waals surface area contributed by atoms with Crippen LogP contribution >= 0.6 is 23.2 Å². The quantitative estimate of drug-likeness (QED) is 0.225. The summed E-state index contributed by atoms with van der Waals surface area (Å²) < 4.78 is 5.90. The molecule has 1 amide bonds. The van der Waals surface area contributed by atoms with Gasteiger partial charge in [0, 0.05) is 21.3 Å². The van der Waals surface area contributed by atoms with E-state index in [-0.39, 0.29) is 5.57 Å². The number of halogens is 2. The monoisotopic (exact) mass is 444 g/mol. The van der Waals surface area contributed by atoms with Gasteiger partial charge in [0.2, 0.25) is 0 Å². The Bertz CT molecular complexity index is 920. The van der Waals surface area contributed by atoms with Crippen LogP contribution in [0.2, 0.25) is 10.0 Å². The number of nitrogens with one attached hydrogen (secondary N) is 1. The Morgan fingerprint density at radius 3 is 2.53 bits per heavy atom. The van der Waals surface area contributed by atoms with Gasteiger partial charge in [0.25, 0.3) is 5.91 Å². The highest BCUT2D eigenvalue weighted by Crippen LogP contribution is 2.26. The average molecular weight is 445 g/mol. The zero-order valence-electron chi connectivity index (χ0n) is 17.1. The Labute approximate surface area is 188 Å². The predicted molar refractivity (Wildman–Crippen MR) is 124 cm³/mol. The maximum atomic E-state index is 12.5. The molecule has 0 spiro atoms. The number of unbranched alkanes of at least 4 members (excludes halogenated alkanes) is 5. The molecule has 0 saturated heterocycles. The number of amides is 1. The molecule has 6 heteroatoms. The second-order valence-electron chi connectivity index (χ2n) is 6.93. The third kappa shape index (κ3) is 8.10. The van der Waals surface area contributed by atoms with Gasteiger partial charge >= 0.3 is 0 Å². The summed E-state index contributed by atoms with van der Waals surface area (Å²) >= 11 is 12.1. The molecule has 1 N–H and O–H groups in total. The van der Waals surface area contributed by atoms with E-state index >= 15 is 0 Å². The van der Waals surface area contributed by atoms with E-state index in [2.05, 4.69) is 12.2 Å². The summed E-state index contributed by atoms with van der Waals surface area (Å²) in [7, 11) is 0. The molecule has 0 bridgehead atoms. The molecule has 4 nitrogen and oxygen atoms in total. The average Bonchev–Trinajstić information content (AvgIpc) is 2.72. The van der Waals surface area contributed by atoms with Crippen LogP contribution in [0.4, 0.5) is 5.69 Å². The smallest absolute Gasteiger partial charge is 0.266 e. The van der Waals surface area contributed by atoms with Gasteiger partial charge in [-0.2, -0.15) is 5.26 Å². The van der Waals surface area contributed by atoms with Crippen LogP contribution < -0.4 is 10.1 Å². The molecule has 30 heavy (non-hydrogen) atoms. The normalized spacial score (nSPS) is 11.1. The molecule has 0 atom stereocenters. The summed E-state index contributed by atoms with van der Waals surface area (Å²) in [5.41, 5.74) is 1.05. The number of carbonyl (C=O) groups excluding carboxylic acids is 1. The number of hydrogen-bond acceptors (Lipinski definition) is 3. The molecule has 0 aromatic heterocycles. The SMILES string of the molecule is CCCCCCCCOc1ccc(Cl)cc1/C=C(/C#N)C(=O)Nc1cccc(Cl)c1. The highest BCUT2D eigenvalue weighted by molar-refractivity contribution is 6.31. The lowest BCUT2D eigenvalue weighted by molar-refractivity contribution is -0.112. The van der Waals surface area contributed by atoms with Crippen LogP contribution in [0.25, 0.3) is 6.08 Å². The molecule has 0 unspecified atom stereocenters. The summed E-state index contributed by atoms with van der Waals surface area (Å²) in [4.78, 5) is 12.5. The Balaban J connectivity index is 2.06. The Morgan fingerprint density at radius 2 is 1.80 bits per heavy atom. The van der Waals surface area contributed by atoms with Crippen molar-refractivity contribution in [3.8, 4) is 11.8 Å². The van der Waals surface area contributed by atoms with Gasteiger partial charge in [-0.3, -0.25) is 4.79 Å². The van der Waals surface area contributed by atoms with Gasteiger partial charge in [0.05, 0.1) is 6.61 Å². The second kappa shape index (κ2) is 13.0. The van der Waals surface area contributed by atoms with Crippen molar-refractivity contribution in [2.75, 3.05) is 11.9 Å². The van der Waals surface area contributed by atoms with Gasteiger partial charge in [0.1, 0.15) is 17.4 Å². The van der Waals surface area contributed by atoms with E-state index in [1.165, 1.54) is 31.8 Å². The maximum absolute atomic E-state index is 12.5. The molecule has 0 saturated carbocycles. The van der Waals surface area contributed by atoms with Crippen LogP contribution in [0.15, 0.2) is 48.0 Å². The molecule has 2 aromatic rings. The number of benzene rings is 2. The first kappa shape index (κ1) is 23.8. The van der Waals surface area contributed by atoms with Crippen molar-refractivity contribution >= 4 is 40.9 Å². The Morgan fingerprint density at radius 1 is 1.07 bits per heavy atom. The van der Waals surface area contributed by atoms with E-state index in [4.69, 9.17) is 27.9 Å². The van der Waals surface area contributed by atoms with Gasteiger partial charge < -0.3 is 10.1 Å². The van der Waals surface area contributed by atoms with E-state index in [9.17, 15) is 10.1 Å². The van der Waals surface area contributed by atoms with Crippen molar-refractivity contribution < 1.29 is 9.53 Å². The fraction of sp³-hybridized carbons (Fsp3) is 0.333. The third-order valence-electron chi connectivity index (χ3n) is 4.47. The predicted octanol–water partition coefficient (Wildman–Crippen LogP) is 7.28. The van der Waals surface area contributed by atoms with Gasteiger partial charge in [0.15, 0.2) is 0 Å². The first-order valence-corrected chi connectivity index (χ1v) is 10.9. The zero-order valence-corrected chi connectivity index (χ0v) is 18.6. The van der Waals surface area contributed by atoms with E-state index in [0.717, 1.165) is 12.8 Å². The minimum atomic E-state index is -0.526. The number of rotatable bonds is 11. The van der Waals surface area contributed by atoms with Crippen molar-refractivity contribution in [3.63, 3.8) is 0 Å². The summed E-state index contributed by atoms with van der Waals surface area (Å²) in [5.74, 6) is 0.0675. The van der Waals surface area contributed by atoms with Gasteiger partial charge in [-0.15, -0.1) is 0 Å². The fourth-order valence-electron chi connectivity index (χ4n) is 2.90. The molecule has 0 fully saturated rings. The summed E-state index contributed by atoms with van der Waals surface area (Å²) in [6, 6.07) is 13.9. The lowest BCUT2D eigenvalue weighted by Gasteiger charge is -2.11. The summed E-state index contributed by atoms with van der Waals surface area (Å²) in [6.45, 7) is 2.77. The van der Waals surface area contributed by atoms with Crippen LogP contribution in [-0.2, 0) is 4.79 Å². The van der Waals surface area contributed by atoms with E-state index < -0.39 is 5.91 Å². The standard InChI is InChI=1S/C24H26Cl2N2O2/c1-2-3-4-5-6-7-13-30-23-12-11-21(26)15-18(23)14-19(17-27)24(29)28-22-10-8-9-20(25)16-22/h8-12,14-16H,2-7,13H2,1H3,(H,28,29)/b19-14-.